The molecule has 0 spiro atoms. The molecule has 2 rings (SSSR count). The van der Waals surface area contributed by atoms with Crippen LogP contribution in [0.2, 0.25) is 0 Å². The average Bonchev–Trinajstić information content (AvgIpc) is 2.59. The molecule has 0 saturated carbocycles. The Morgan fingerprint density at radius 1 is 1.19 bits per heavy atom. The van der Waals surface area contributed by atoms with Crippen molar-refractivity contribution in [2.75, 3.05) is 11.9 Å². The molecule has 2 aromatic rings. The van der Waals surface area contributed by atoms with E-state index in [0.717, 1.165) is 11.6 Å². The van der Waals surface area contributed by atoms with Crippen LogP contribution in [0.15, 0.2) is 42.5 Å². The third kappa shape index (κ3) is 4.89. The lowest BCUT2D eigenvalue weighted by Crippen LogP contribution is -2.20. The molecule has 7 nitrogen and oxygen atoms in total. The molecule has 0 aliphatic rings. The van der Waals surface area contributed by atoms with Crippen molar-refractivity contribution in [1.82, 2.24) is 0 Å². The second-order valence-electron chi connectivity index (χ2n) is 6.77. The first kappa shape index (κ1) is 19.1. The number of hydrogen-bond donors (Lipinski definition) is 1. The number of carbonyl (C=O) groups excluding carboxylic acids is 2. The molecule has 0 heterocycles. The monoisotopic (exact) mass is 356 g/mol. The van der Waals surface area contributed by atoms with Gasteiger partial charge in [-0.15, -0.1) is 0 Å². The highest BCUT2D eigenvalue weighted by Crippen LogP contribution is 2.27. The van der Waals surface area contributed by atoms with Crippen molar-refractivity contribution < 1.29 is 19.2 Å². The van der Waals surface area contributed by atoms with Crippen molar-refractivity contribution in [1.29, 1.82) is 0 Å². The summed E-state index contributed by atoms with van der Waals surface area (Å²) in [5, 5.41) is 13.7. The minimum atomic E-state index is -0.661. The van der Waals surface area contributed by atoms with Gasteiger partial charge in [0.15, 0.2) is 12.4 Å². The number of benzene rings is 2. The predicted octanol–water partition coefficient (Wildman–Crippen LogP) is 3.72. The maximum absolute atomic E-state index is 12.0. The highest BCUT2D eigenvalue weighted by atomic mass is 16.6. The van der Waals surface area contributed by atoms with E-state index in [4.69, 9.17) is 4.74 Å². The molecule has 0 fully saturated rings. The van der Waals surface area contributed by atoms with Gasteiger partial charge in [-0.05, 0) is 35.2 Å². The molecule has 0 saturated heterocycles. The van der Waals surface area contributed by atoms with Crippen LogP contribution in [0.4, 0.5) is 11.4 Å². The van der Waals surface area contributed by atoms with Gasteiger partial charge in [-0.1, -0.05) is 32.9 Å². The molecular weight excluding hydrogens is 336 g/mol. The Morgan fingerprint density at radius 3 is 2.38 bits per heavy atom. The number of anilines is 1. The normalized spacial score (nSPS) is 10.9. The van der Waals surface area contributed by atoms with Crippen molar-refractivity contribution in [3.05, 3.63) is 63.7 Å². The van der Waals surface area contributed by atoms with Crippen LogP contribution in [0.5, 0.6) is 5.75 Å². The van der Waals surface area contributed by atoms with Crippen LogP contribution in [-0.2, 0) is 10.2 Å². The van der Waals surface area contributed by atoms with E-state index in [-0.39, 0.29) is 29.0 Å². The summed E-state index contributed by atoms with van der Waals surface area (Å²) >= 11 is 0. The predicted molar refractivity (Wildman–Crippen MR) is 97.8 cm³/mol. The molecular formula is C19H20N2O5. The molecule has 1 N–H and O–H groups in total. The van der Waals surface area contributed by atoms with Gasteiger partial charge in [-0.25, -0.2) is 0 Å². The quantitative estimate of drug-likeness (QED) is 0.483. The van der Waals surface area contributed by atoms with Crippen LogP contribution < -0.4 is 10.1 Å². The molecule has 1 amide bonds. The second kappa shape index (κ2) is 7.77. The number of nitrogens with one attached hydrogen (secondary N) is 1. The highest BCUT2D eigenvalue weighted by molar-refractivity contribution is 5.92. The number of nitrogens with zero attached hydrogens (tertiary/aromatic N) is 1. The molecule has 0 unspecified atom stereocenters. The summed E-state index contributed by atoms with van der Waals surface area (Å²) in [5.41, 5.74) is 1.55. The Bertz CT molecular complexity index is 823. The topological polar surface area (TPSA) is 98.5 Å². The third-order valence-electron chi connectivity index (χ3n) is 3.71. The van der Waals surface area contributed by atoms with Crippen LogP contribution in [-0.4, -0.2) is 23.7 Å². The van der Waals surface area contributed by atoms with Crippen molar-refractivity contribution in [3.63, 3.8) is 0 Å². The smallest absolute Gasteiger partial charge is 0.311 e. The van der Waals surface area contributed by atoms with Gasteiger partial charge in [0.1, 0.15) is 6.29 Å². The first-order valence-electron chi connectivity index (χ1n) is 7.97. The van der Waals surface area contributed by atoms with Crippen LogP contribution in [0.3, 0.4) is 0 Å². The average molecular weight is 356 g/mol. The zero-order valence-corrected chi connectivity index (χ0v) is 14.8. The van der Waals surface area contributed by atoms with Crippen molar-refractivity contribution in [2.45, 2.75) is 26.2 Å². The zero-order valence-electron chi connectivity index (χ0n) is 14.8. The van der Waals surface area contributed by atoms with Gasteiger partial charge < -0.3 is 10.1 Å². The van der Waals surface area contributed by atoms with Gasteiger partial charge in [0.25, 0.3) is 5.91 Å². The van der Waals surface area contributed by atoms with Gasteiger partial charge in [0, 0.05) is 17.3 Å². The lowest BCUT2D eigenvalue weighted by atomic mass is 9.87. The number of rotatable bonds is 6. The highest BCUT2D eigenvalue weighted by Gasteiger charge is 2.17. The van der Waals surface area contributed by atoms with Crippen molar-refractivity contribution in [3.8, 4) is 5.75 Å². The van der Waals surface area contributed by atoms with Gasteiger partial charge in [-0.3, -0.25) is 19.7 Å². The minimum Gasteiger partial charge on any atom is -0.477 e. The fourth-order valence-corrected chi connectivity index (χ4v) is 2.27. The number of nitro benzene ring substituents is 1. The van der Waals surface area contributed by atoms with E-state index >= 15 is 0 Å². The summed E-state index contributed by atoms with van der Waals surface area (Å²) in [4.78, 5) is 33.1. The molecule has 136 valence electrons. The van der Waals surface area contributed by atoms with Crippen LogP contribution in [0.1, 0.15) is 36.7 Å². The molecule has 0 aliphatic carbocycles. The zero-order chi connectivity index (χ0) is 19.3. The summed E-state index contributed by atoms with van der Waals surface area (Å²) in [7, 11) is 0. The summed E-state index contributed by atoms with van der Waals surface area (Å²) in [6.07, 6.45) is 0.505. The van der Waals surface area contributed by atoms with E-state index in [9.17, 15) is 19.7 Å². The lowest BCUT2D eigenvalue weighted by molar-refractivity contribution is -0.385. The van der Waals surface area contributed by atoms with Crippen molar-refractivity contribution >= 4 is 23.6 Å². The Kier molecular flexibility index (Phi) is 5.71. The molecule has 0 bridgehead atoms. The maximum atomic E-state index is 12.0. The number of nitro groups is 1. The van der Waals surface area contributed by atoms with Gasteiger partial charge >= 0.3 is 5.69 Å². The Morgan fingerprint density at radius 2 is 1.85 bits per heavy atom. The van der Waals surface area contributed by atoms with Crippen molar-refractivity contribution in [2.24, 2.45) is 0 Å². The summed E-state index contributed by atoms with van der Waals surface area (Å²) < 4.78 is 5.24. The fraction of sp³-hybridized carbons (Fsp3) is 0.263. The first-order valence-corrected chi connectivity index (χ1v) is 7.97. The largest absolute Gasteiger partial charge is 0.477 e. The second-order valence-corrected chi connectivity index (χ2v) is 6.77. The lowest BCUT2D eigenvalue weighted by Gasteiger charge is -2.19. The van der Waals surface area contributed by atoms with E-state index in [1.807, 2.05) is 12.1 Å². The summed E-state index contributed by atoms with van der Waals surface area (Å²) in [5.74, 6) is -0.513. The molecule has 2 aromatic carbocycles. The van der Waals surface area contributed by atoms with Gasteiger partial charge in [0.2, 0.25) is 0 Å². The molecule has 0 atom stereocenters. The number of carbonyl (C=O) groups is 2. The number of ether oxygens (including phenoxy) is 1. The van der Waals surface area contributed by atoms with Crippen LogP contribution >= 0.6 is 0 Å². The molecule has 0 aromatic heterocycles. The Hall–Kier alpha value is -3.22. The van der Waals surface area contributed by atoms with E-state index in [2.05, 4.69) is 26.1 Å². The van der Waals surface area contributed by atoms with Crippen LogP contribution in [0.25, 0.3) is 0 Å². The standard InChI is InChI=1S/C19H20N2O5/c1-19(2,3)14-5-7-15(8-6-14)20-18(23)12-26-17-9-4-13(11-22)10-16(17)21(24)25/h4-11H,12H2,1-3H3,(H,20,23). The van der Waals surface area contributed by atoms with Gasteiger partial charge in [0.05, 0.1) is 4.92 Å². The molecule has 0 aliphatic heterocycles. The van der Waals surface area contributed by atoms with E-state index in [1.165, 1.54) is 12.1 Å². The minimum absolute atomic E-state index is 0.0122. The van der Waals surface area contributed by atoms with E-state index in [1.54, 1.807) is 12.1 Å². The SMILES string of the molecule is CC(C)(C)c1ccc(NC(=O)COc2ccc(C=O)cc2[N+](=O)[O-])cc1. The van der Waals surface area contributed by atoms with E-state index in [0.29, 0.717) is 12.0 Å². The Labute approximate surface area is 151 Å². The Balaban J connectivity index is 2.01. The maximum Gasteiger partial charge on any atom is 0.311 e. The number of hydrogen-bond acceptors (Lipinski definition) is 5. The molecule has 7 heteroatoms. The molecule has 26 heavy (non-hydrogen) atoms. The number of amides is 1. The third-order valence-corrected chi connectivity index (χ3v) is 3.71. The summed E-state index contributed by atoms with van der Waals surface area (Å²) in [6, 6.07) is 11.2. The fourth-order valence-electron chi connectivity index (χ4n) is 2.27. The first-order chi connectivity index (χ1) is 12.2. The van der Waals surface area contributed by atoms with Crippen LogP contribution in [0, 0.1) is 10.1 Å². The van der Waals surface area contributed by atoms with Gasteiger partial charge in [-0.2, -0.15) is 0 Å². The van der Waals surface area contributed by atoms with E-state index < -0.39 is 10.8 Å². The molecule has 0 radical (unpaired) electrons. The number of aldehydes is 1. The summed E-state index contributed by atoms with van der Waals surface area (Å²) in [6.45, 7) is 5.90.